The largest absolute Gasteiger partial charge is 0.383 e. The van der Waals surface area contributed by atoms with Gasteiger partial charge >= 0.3 is 0 Å². The maximum absolute atomic E-state index is 11.2. The van der Waals surface area contributed by atoms with E-state index in [2.05, 4.69) is 12.2 Å². The van der Waals surface area contributed by atoms with Gasteiger partial charge in [-0.05, 0) is 25.3 Å². The van der Waals surface area contributed by atoms with Crippen molar-refractivity contribution in [1.29, 1.82) is 0 Å². The fourth-order valence-electron chi connectivity index (χ4n) is 1.42. The first-order chi connectivity index (χ1) is 7.52. The zero-order valence-electron chi connectivity index (χ0n) is 10.7. The molecular weight excluding hydrogens is 226 g/mol. The molecule has 0 aliphatic rings. The van der Waals surface area contributed by atoms with Crippen molar-refractivity contribution in [3.8, 4) is 0 Å². The topological polar surface area (TPSA) is 55.4 Å². The van der Waals surface area contributed by atoms with Gasteiger partial charge in [-0.3, -0.25) is 0 Å². The van der Waals surface area contributed by atoms with E-state index < -0.39 is 9.84 Å². The van der Waals surface area contributed by atoms with Crippen LogP contribution in [0.15, 0.2) is 0 Å². The van der Waals surface area contributed by atoms with Gasteiger partial charge in [0.05, 0.1) is 12.4 Å². The molecule has 4 nitrogen and oxygen atoms in total. The normalized spacial score (nSPS) is 13.9. The van der Waals surface area contributed by atoms with Crippen LogP contribution in [-0.2, 0) is 14.6 Å². The zero-order valence-corrected chi connectivity index (χ0v) is 11.5. The molecule has 0 bridgehead atoms. The van der Waals surface area contributed by atoms with Crippen LogP contribution in [0.5, 0.6) is 0 Å². The Hall–Kier alpha value is -0.130. The van der Waals surface area contributed by atoms with Crippen LogP contribution in [0, 0.1) is 5.92 Å². The molecule has 0 saturated heterocycles. The highest BCUT2D eigenvalue weighted by atomic mass is 32.2. The van der Waals surface area contributed by atoms with E-state index in [9.17, 15) is 8.42 Å². The van der Waals surface area contributed by atoms with Gasteiger partial charge in [-0.2, -0.15) is 0 Å². The number of nitrogens with one attached hydrogen (secondary N) is 1. The molecule has 1 unspecified atom stereocenters. The lowest BCUT2D eigenvalue weighted by molar-refractivity contribution is 0.198. The van der Waals surface area contributed by atoms with Crippen molar-refractivity contribution in [2.75, 3.05) is 38.3 Å². The summed E-state index contributed by atoms with van der Waals surface area (Å²) in [7, 11) is -1.10. The van der Waals surface area contributed by atoms with E-state index in [0.29, 0.717) is 11.7 Å². The van der Waals surface area contributed by atoms with E-state index in [0.717, 1.165) is 32.5 Å². The Bertz CT molecular complexity index is 252. The summed E-state index contributed by atoms with van der Waals surface area (Å²) >= 11 is 0. The average Bonchev–Trinajstić information content (AvgIpc) is 2.24. The van der Waals surface area contributed by atoms with Crippen LogP contribution in [-0.4, -0.2) is 46.7 Å². The predicted molar refractivity (Wildman–Crippen MR) is 67.5 cm³/mol. The molecule has 0 aliphatic carbocycles. The monoisotopic (exact) mass is 251 g/mol. The molecule has 5 heteroatoms. The Morgan fingerprint density at radius 2 is 2.06 bits per heavy atom. The van der Waals surface area contributed by atoms with E-state index in [1.54, 1.807) is 14.0 Å². The fraction of sp³-hybridized carbons (Fsp3) is 1.00. The molecule has 0 radical (unpaired) electrons. The number of sulfone groups is 1. The summed E-state index contributed by atoms with van der Waals surface area (Å²) in [4.78, 5) is 0. The van der Waals surface area contributed by atoms with Crippen molar-refractivity contribution in [2.45, 2.75) is 26.7 Å². The Labute approximate surface area is 99.7 Å². The SMILES string of the molecule is CCS(=O)(=O)CCCC(C)CNCCOC. The maximum atomic E-state index is 11.2. The lowest BCUT2D eigenvalue weighted by Gasteiger charge is -2.12. The zero-order chi connectivity index (χ0) is 12.4. The first-order valence-electron chi connectivity index (χ1n) is 5.92. The fourth-order valence-corrected chi connectivity index (χ4v) is 2.32. The number of hydrogen-bond donors (Lipinski definition) is 1. The van der Waals surface area contributed by atoms with Crippen molar-refractivity contribution < 1.29 is 13.2 Å². The summed E-state index contributed by atoms with van der Waals surface area (Å²) < 4.78 is 27.4. The van der Waals surface area contributed by atoms with Gasteiger partial charge in [-0.15, -0.1) is 0 Å². The highest BCUT2D eigenvalue weighted by Gasteiger charge is 2.08. The minimum absolute atomic E-state index is 0.257. The Morgan fingerprint density at radius 1 is 1.38 bits per heavy atom. The number of methoxy groups -OCH3 is 1. The maximum Gasteiger partial charge on any atom is 0.150 e. The molecule has 0 aliphatic heterocycles. The van der Waals surface area contributed by atoms with Crippen molar-refractivity contribution in [1.82, 2.24) is 5.32 Å². The molecule has 0 aromatic carbocycles. The molecule has 0 fully saturated rings. The summed E-state index contributed by atoms with van der Waals surface area (Å²) in [5.41, 5.74) is 0. The first kappa shape index (κ1) is 15.9. The van der Waals surface area contributed by atoms with Crippen LogP contribution in [0.1, 0.15) is 26.7 Å². The van der Waals surface area contributed by atoms with Gasteiger partial charge in [0.2, 0.25) is 0 Å². The molecule has 98 valence electrons. The molecule has 0 saturated carbocycles. The van der Waals surface area contributed by atoms with Crippen LogP contribution in [0.25, 0.3) is 0 Å². The van der Waals surface area contributed by atoms with Crippen LogP contribution in [0.2, 0.25) is 0 Å². The van der Waals surface area contributed by atoms with Gasteiger partial charge in [0.25, 0.3) is 0 Å². The van der Waals surface area contributed by atoms with Crippen molar-refractivity contribution in [2.24, 2.45) is 5.92 Å². The minimum atomic E-state index is -2.78. The standard InChI is InChI=1S/C11H25NO3S/c1-4-16(13,14)9-5-6-11(2)10-12-7-8-15-3/h11-12H,4-10H2,1-3H3. The second-order valence-corrected chi connectivity index (χ2v) is 6.65. The van der Waals surface area contributed by atoms with Crippen molar-refractivity contribution >= 4 is 9.84 Å². The van der Waals surface area contributed by atoms with Crippen LogP contribution in [0.4, 0.5) is 0 Å². The summed E-state index contributed by atoms with van der Waals surface area (Å²) in [6.45, 7) is 6.34. The molecule has 0 spiro atoms. The van der Waals surface area contributed by atoms with E-state index in [-0.39, 0.29) is 5.75 Å². The molecule has 16 heavy (non-hydrogen) atoms. The second kappa shape index (κ2) is 8.96. The first-order valence-corrected chi connectivity index (χ1v) is 7.74. The number of hydrogen-bond acceptors (Lipinski definition) is 4. The van der Waals surface area contributed by atoms with E-state index in [1.165, 1.54) is 0 Å². The summed E-state index contributed by atoms with van der Waals surface area (Å²) in [6, 6.07) is 0. The van der Waals surface area contributed by atoms with E-state index in [1.807, 2.05) is 0 Å². The summed E-state index contributed by atoms with van der Waals surface area (Å²) in [6.07, 6.45) is 1.72. The van der Waals surface area contributed by atoms with Gasteiger partial charge in [0, 0.05) is 19.4 Å². The number of rotatable bonds is 10. The van der Waals surface area contributed by atoms with Gasteiger partial charge in [0.15, 0.2) is 0 Å². The van der Waals surface area contributed by atoms with Crippen LogP contribution in [0.3, 0.4) is 0 Å². The summed E-state index contributed by atoms with van der Waals surface area (Å²) in [5, 5.41) is 3.27. The van der Waals surface area contributed by atoms with Crippen molar-refractivity contribution in [3.63, 3.8) is 0 Å². The highest BCUT2D eigenvalue weighted by molar-refractivity contribution is 7.91. The second-order valence-electron chi connectivity index (χ2n) is 4.18. The third kappa shape index (κ3) is 9.12. The Balaban J connectivity index is 3.47. The molecule has 0 amide bonds. The highest BCUT2D eigenvalue weighted by Crippen LogP contribution is 2.06. The van der Waals surface area contributed by atoms with Crippen LogP contribution >= 0.6 is 0 Å². The smallest absolute Gasteiger partial charge is 0.150 e. The summed E-state index contributed by atoms with van der Waals surface area (Å²) in [5.74, 6) is 1.10. The van der Waals surface area contributed by atoms with E-state index in [4.69, 9.17) is 4.74 Å². The molecule has 0 aromatic rings. The predicted octanol–water partition coefficient (Wildman–Crippen LogP) is 1.07. The quantitative estimate of drug-likeness (QED) is 0.590. The molecule has 1 N–H and O–H groups in total. The molecule has 0 aromatic heterocycles. The van der Waals surface area contributed by atoms with Gasteiger partial charge in [0.1, 0.15) is 9.84 Å². The third-order valence-corrected chi connectivity index (χ3v) is 4.36. The lowest BCUT2D eigenvalue weighted by Crippen LogP contribution is -2.25. The van der Waals surface area contributed by atoms with Gasteiger partial charge in [-0.25, -0.2) is 8.42 Å². The third-order valence-electron chi connectivity index (χ3n) is 2.57. The Kier molecular flexibility index (Phi) is 8.89. The van der Waals surface area contributed by atoms with E-state index >= 15 is 0 Å². The molecule has 1 atom stereocenters. The molecular formula is C11H25NO3S. The van der Waals surface area contributed by atoms with Crippen molar-refractivity contribution in [3.05, 3.63) is 0 Å². The average molecular weight is 251 g/mol. The van der Waals surface area contributed by atoms with Gasteiger partial charge < -0.3 is 10.1 Å². The molecule has 0 heterocycles. The van der Waals surface area contributed by atoms with Crippen LogP contribution < -0.4 is 5.32 Å². The number of ether oxygens (including phenoxy) is 1. The Morgan fingerprint density at radius 3 is 2.62 bits per heavy atom. The molecule has 0 rings (SSSR count). The lowest BCUT2D eigenvalue weighted by atomic mass is 10.1. The van der Waals surface area contributed by atoms with Gasteiger partial charge in [-0.1, -0.05) is 13.8 Å². The minimum Gasteiger partial charge on any atom is -0.383 e.